The molecular formula is C40H81N5O4. The average Bonchev–Trinajstić information content (AvgIpc) is 3.09. The third-order valence-corrected chi connectivity index (χ3v) is 9.42. The second kappa shape index (κ2) is 31.5. The van der Waals surface area contributed by atoms with E-state index in [0.717, 1.165) is 44.6 Å². The van der Waals surface area contributed by atoms with E-state index >= 15 is 0 Å². The molecule has 0 fully saturated rings. The maximum Gasteiger partial charge on any atom is 0.316 e. The molecule has 0 aromatic rings. The third kappa shape index (κ3) is 21.6. The standard InChI is InChI=1S/C40H81N5O4/c1-7-13-15-17-27-31-35-44(36-32-28-18-16-14-8-2)39-43-38(46-9-3)42-37(45(39)41)33-29-25-23-21-19-20-22-24-26-30-34-40(47-10-4,48-11-5)49-12-6/h39H,7-36,41H2,1-6H3. The quantitative estimate of drug-likeness (QED) is 0.0400. The van der Waals surface area contributed by atoms with Crippen molar-refractivity contribution >= 4 is 11.9 Å². The first-order valence-corrected chi connectivity index (χ1v) is 21.0. The fraction of sp³-hybridized carbons (Fsp3) is 0.950. The van der Waals surface area contributed by atoms with E-state index in [2.05, 4.69) is 18.7 Å². The van der Waals surface area contributed by atoms with Crippen molar-refractivity contribution in [3.05, 3.63) is 0 Å². The van der Waals surface area contributed by atoms with Crippen molar-refractivity contribution < 1.29 is 18.9 Å². The molecular weight excluding hydrogens is 614 g/mol. The van der Waals surface area contributed by atoms with E-state index in [1.165, 1.54) is 128 Å². The summed E-state index contributed by atoms with van der Waals surface area (Å²) in [6, 6.07) is 0.499. The fourth-order valence-corrected chi connectivity index (χ4v) is 6.71. The molecule has 1 heterocycles. The van der Waals surface area contributed by atoms with E-state index in [1.807, 2.05) is 32.7 Å². The lowest BCUT2D eigenvalue weighted by Crippen LogP contribution is -2.56. The number of hydrazine groups is 1. The van der Waals surface area contributed by atoms with Crippen LogP contribution >= 0.6 is 0 Å². The zero-order chi connectivity index (χ0) is 35.8. The number of nitrogens with zero attached hydrogens (tertiary/aromatic N) is 4. The lowest BCUT2D eigenvalue weighted by atomic mass is 10.0. The molecule has 1 atom stereocenters. The van der Waals surface area contributed by atoms with Gasteiger partial charge in [-0.15, -0.1) is 0 Å². The summed E-state index contributed by atoms with van der Waals surface area (Å²) in [6.07, 6.45) is 29.2. The lowest BCUT2D eigenvalue weighted by Gasteiger charge is -2.38. The highest BCUT2D eigenvalue weighted by Crippen LogP contribution is 2.24. The van der Waals surface area contributed by atoms with Gasteiger partial charge in [0, 0.05) is 45.8 Å². The van der Waals surface area contributed by atoms with Gasteiger partial charge in [0.05, 0.1) is 6.61 Å². The van der Waals surface area contributed by atoms with Gasteiger partial charge in [-0.1, -0.05) is 129 Å². The van der Waals surface area contributed by atoms with Crippen molar-refractivity contribution in [2.75, 3.05) is 39.5 Å². The molecule has 0 aromatic heterocycles. The maximum atomic E-state index is 6.80. The Morgan fingerprint density at radius 3 is 1.45 bits per heavy atom. The number of amidine groups is 2. The SMILES string of the molecule is CCCCCCCCN(CCCCCCCC)C1N=C(OCC)N=C(CCCCCCCCCCCCC(OCC)(OCC)OCC)N1N. The Morgan fingerprint density at radius 1 is 0.571 bits per heavy atom. The van der Waals surface area contributed by atoms with Gasteiger partial charge in [-0.3, -0.25) is 9.91 Å². The highest BCUT2D eigenvalue weighted by molar-refractivity contribution is 5.95. The summed E-state index contributed by atoms with van der Waals surface area (Å²) in [5, 5.41) is 1.85. The first-order valence-electron chi connectivity index (χ1n) is 21.0. The maximum absolute atomic E-state index is 6.80. The predicted octanol–water partition coefficient (Wildman–Crippen LogP) is 10.7. The normalized spacial score (nSPS) is 15.3. The van der Waals surface area contributed by atoms with Crippen LogP contribution in [0.2, 0.25) is 0 Å². The Morgan fingerprint density at radius 2 is 1.00 bits per heavy atom. The van der Waals surface area contributed by atoms with Gasteiger partial charge in [-0.05, 0) is 53.4 Å². The fourth-order valence-electron chi connectivity index (χ4n) is 6.71. The van der Waals surface area contributed by atoms with Gasteiger partial charge in [0.2, 0.25) is 0 Å². The van der Waals surface area contributed by atoms with E-state index in [4.69, 9.17) is 34.8 Å². The summed E-state index contributed by atoms with van der Waals surface area (Å²) in [5.74, 6) is 6.86. The van der Waals surface area contributed by atoms with Gasteiger partial charge in [-0.2, -0.15) is 9.98 Å². The molecule has 0 aliphatic carbocycles. The molecule has 9 nitrogen and oxygen atoms in total. The second-order valence-electron chi connectivity index (χ2n) is 13.7. The largest absolute Gasteiger partial charge is 0.464 e. The lowest BCUT2D eigenvalue weighted by molar-refractivity contribution is -0.380. The van der Waals surface area contributed by atoms with Crippen molar-refractivity contribution in [3.8, 4) is 0 Å². The number of ether oxygens (including phenoxy) is 4. The topological polar surface area (TPSA) is 94.1 Å². The number of aliphatic imine (C=N–C) groups is 2. The van der Waals surface area contributed by atoms with Crippen LogP contribution in [-0.2, 0) is 18.9 Å². The monoisotopic (exact) mass is 696 g/mol. The van der Waals surface area contributed by atoms with E-state index in [1.54, 1.807) is 0 Å². The minimum absolute atomic E-state index is 0.228. The number of rotatable bonds is 35. The van der Waals surface area contributed by atoms with Gasteiger partial charge in [0.15, 0.2) is 6.29 Å². The Bertz CT molecular complexity index is 779. The summed E-state index contributed by atoms with van der Waals surface area (Å²) < 4.78 is 23.4. The Balaban J connectivity index is 2.47. The molecule has 0 spiro atoms. The molecule has 9 heteroatoms. The first kappa shape index (κ1) is 45.8. The highest BCUT2D eigenvalue weighted by Gasteiger charge is 2.32. The van der Waals surface area contributed by atoms with Crippen LogP contribution < -0.4 is 5.84 Å². The van der Waals surface area contributed by atoms with Crippen molar-refractivity contribution in [2.45, 2.75) is 208 Å². The summed E-state index contributed by atoms with van der Waals surface area (Å²) in [6.45, 7) is 16.9. The molecule has 1 aliphatic heterocycles. The number of hydrogen-bond acceptors (Lipinski definition) is 9. The van der Waals surface area contributed by atoms with E-state index in [0.29, 0.717) is 32.4 Å². The van der Waals surface area contributed by atoms with Crippen LogP contribution in [0.4, 0.5) is 0 Å². The molecule has 290 valence electrons. The van der Waals surface area contributed by atoms with Crippen LogP contribution in [0.15, 0.2) is 9.98 Å². The number of nitrogens with two attached hydrogens (primary N) is 1. The molecule has 0 saturated heterocycles. The Hall–Kier alpha value is -1.26. The number of hydrogen-bond donors (Lipinski definition) is 1. The van der Waals surface area contributed by atoms with Gasteiger partial charge in [-0.25, -0.2) is 5.84 Å². The zero-order valence-corrected chi connectivity index (χ0v) is 33.3. The predicted molar refractivity (Wildman–Crippen MR) is 208 cm³/mol. The molecule has 0 radical (unpaired) electrons. The van der Waals surface area contributed by atoms with Crippen LogP contribution in [0, 0.1) is 0 Å². The highest BCUT2D eigenvalue weighted by atomic mass is 16.9. The molecule has 0 aromatic carbocycles. The Labute approximate surface area is 303 Å². The van der Waals surface area contributed by atoms with Crippen LogP contribution in [-0.4, -0.2) is 73.5 Å². The van der Waals surface area contributed by atoms with Crippen LogP contribution in [0.3, 0.4) is 0 Å². The molecule has 1 aliphatic rings. The van der Waals surface area contributed by atoms with Crippen molar-refractivity contribution in [2.24, 2.45) is 15.8 Å². The second-order valence-corrected chi connectivity index (χ2v) is 13.7. The van der Waals surface area contributed by atoms with E-state index in [-0.39, 0.29) is 6.29 Å². The molecule has 2 N–H and O–H groups in total. The summed E-state index contributed by atoms with van der Waals surface area (Å²) in [7, 11) is 0. The third-order valence-electron chi connectivity index (χ3n) is 9.42. The van der Waals surface area contributed by atoms with Crippen LogP contribution in [0.5, 0.6) is 0 Å². The summed E-state index contributed by atoms with van der Waals surface area (Å²) in [5.41, 5.74) is 0. The summed E-state index contributed by atoms with van der Waals surface area (Å²) in [4.78, 5) is 12.2. The van der Waals surface area contributed by atoms with Crippen molar-refractivity contribution in [3.63, 3.8) is 0 Å². The zero-order valence-electron chi connectivity index (χ0n) is 33.3. The molecule has 1 unspecified atom stereocenters. The molecule has 49 heavy (non-hydrogen) atoms. The van der Waals surface area contributed by atoms with Gasteiger partial charge in [0.25, 0.3) is 5.97 Å². The molecule has 0 saturated carbocycles. The number of unbranched alkanes of at least 4 members (excludes halogenated alkanes) is 19. The smallest absolute Gasteiger partial charge is 0.316 e. The van der Waals surface area contributed by atoms with E-state index in [9.17, 15) is 0 Å². The van der Waals surface area contributed by atoms with Crippen LogP contribution in [0.25, 0.3) is 0 Å². The van der Waals surface area contributed by atoms with E-state index < -0.39 is 5.97 Å². The van der Waals surface area contributed by atoms with Crippen LogP contribution in [0.1, 0.15) is 196 Å². The van der Waals surface area contributed by atoms with Gasteiger partial charge >= 0.3 is 6.02 Å². The van der Waals surface area contributed by atoms with Crippen molar-refractivity contribution in [1.82, 2.24) is 9.91 Å². The van der Waals surface area contributed by atoms with Gasteiger partial charge in [0.1, 0.15) is 5.84 Å². The summed E-state index contributed by atoms with van der Waals surface area (Å²) >= 11 is 0. The minimum atomic E-state index is -0.860. The minimum Gasteiger partial charge on any atom is -0.464 e. The molecule has 0 bridgehead atoms. The van der Waals surface area contributed by atoms with Crippen molar-refractivity contribution in [1.29, 1.82) is 0 Å². The van der Waals surface area contributed by atoms with Gasteiger partial charge < -0.3 is 18.9 Å². The molecule has 1 rings (SSSR count). The first-order chi connectivity index (χ1) is 24.0. The molecule has 0 amide bonds. The average molecular weight is 696 g/mol. The Kier molecular flexibility index (Phi) is 29.4.